The van der Waals surface area contributed by atoms with E-state index >= 15 is 0 Å². The molecule has 1 N–H and O–H groups in total. The fourth-order valence-electron chi connectivity index (χ4n) is 5.52. The number of aldehydes is 2. The van der Waals surface area contributed by atoms with Gasteiger partial charge in [0, 0.05) is 27.1 Å². The molecule has 240 valence electrons. The van der Waals surface area contributed by atoms with Gasteiger partial charge in [0.15, 0.2) is 0 Å². The molecular weight excluding hydrogens is 560 g/mol. The van der Waals surface area contributed by atoms with E-state index in [1.165, 1.54) is 19.2 Å². The van der Waals surface area contributed by atoms with Crippen molar-refractivity contribution in [2.24, 2.45) is 10.8 Å². The molecule has 2 heterocycles. The van der Waals surface area contributed by atoms with Crippen LogP contribution in [0.1, 0.15) is 73.8 Å². The fourth-order valence-corrected chi connectivity index (χ4v) is 7.17. The molecule has 2 fully saturated rings. The number of nitrogens with zero attached hydrogens (tertiary/aromatic N) is 1. The molecule has 1 aliphatic carbocycles. The Morgan fingerprint density at radius 1 is 0.905 bits per heavy atom. The van der Waals surface area contributed by atoms with Gasteiger partial charge in [-0.3, -0.25) is 9.59 Å². The van der Waals surface area contributed by atoms with E-state index < -0.39 is 27.4 Å². The number of allylic oxidation sites excluding steroid dienone is 2. The number of hydrogen-bond donors (Lipinski definition) is 1. The van der Waals surface area contributed by atoms with E-state index in [-0.39, 0.29) is 77.8 Å². The maximum Gasteiger partial charge on any atom is 0.266 e. The lowest BCUT2D eigenvalue weighted by Crippen LogP contribution is -2.43. The topological polar surface area (TPSA) is 136 Å². The molecule has 10 nitrogen and oxygen atoms in total. The van der Waals surface area contributed by atoms with Crippen molar-refractivity contribution < 1.29 is 37.1 Å². The molecule has 2 saturated heterocycles. The van der Waals surface area contributed by atoms with Gasteiger partial charge in [0.1, 0.15) is 12.6 Å². The second-order valence-corrected chi connectivity index (χ2v) is 12.1. The lowest BCUT2D eigenvalue weighted by molar-refractivity contribution is -0.136. The number of rotatable bonds is 10. The summed E-state index contributed by atoms with van der Waals surface area (Å²) in [5.41, 5.74) is -0.565. The van der Waals surface area contributed by atoms with Crippen LogP contribution in [0.25, 0.3) is 0 Å². The zero-order chi connectivity index (χ0) is 28.0. The Bertz CT molecular complexity index is 1150. The molecule has 2 unspecified atom stereocenters. The van der Waals surface area contributed by atoms with Gasteiger partial charge < -0.3 is 24.4 Å². The quantitative estimate of drug-likeness (QED) is 0.301. The first-order chi connectivity index (χ1) is 18.1. The third kappa shape index (κ3) is 8.35. The predicted molar refractivity (Wildman–Crippen MR) is 165 cm³/mol. The molecule has 2 atom stereocenters. The molecule has 4 rings (SSSR count). The van der Waals surface area contributed by atoms with Gasteiger partial charge >= 0.3 is 0 Å². The Labute approximate surface area is 253 Å². The molecule has 2 amide bonds. The van der Waals surface area contributed by atoms with Crippen LogP contribution in [0.3, 0.4) is 0 Å². The van der Waals surface area contributed by atoms with E-state index in [1.54, 1.807) is 19.2 Å². The highest BCUT2D eigenvalue weighted by atomic mass is 32.2. The van der Waals surface area contributed by atoms with Crippen molar-refractivity contribution in [3.63, 3.8) is 0 Å². The normalized spacial score (nSPS) is 21.1. The number of methoxy groups -OCH3 is 2. The smallest absolute Gasteiger partial charge is 0.266 e. The van der Waals surface area contributed by atoms with Crippen LogP contribution < -0.4 is 5.32 Å². The maximum atomic E-state index is 13.0. The lowest BCUT2D eigenvalue weighted by atomic mass is 9.79. The highest BCUT2D eigenvalue weighted by Crippen LogP contribution is 2.44. The van der Waals surface area contributed by atoms with Gasteiger partial charge in [-0.2, -0.15) is 0 Å². The molecule has 0 radical (unpaired) electrons. The number of hydrogen-bond acceptors (Lipinski definition) is 8. The molecule has 0 bridgehead atoms. The first-order valence-electron chi connectivity index (χ1n) is 12.6. The van der Waals surface area contributed by atoms with Crippen molar-refractivity contribution in [2.45, 2.75) is 92.1 Å². The van der Waals surface area contributed by atoms with Crippen LogP contribution in [0, 0.1) is 17.8 Å². The zero-order valence-corrected chi connectivity index (χ0v) is 22.9. The van der Waals surface area contributed by atoms with Crippen LogP contribution in [0.2, 0.25) is 0 Å². The maximum absolute atomic E-state index is 13.0. The number of carbonyl (C=O) groups is 4. The van der Waals surface area contributed by atoms with Gasteiger partial charge in [0.05, 0.1) is 41.0 Å². The van der Waals surface area contributed by atoms with E-state index in [1.807, 2.05) is 6.92 Å². The Kier molecular flexibility index (Phi) is 17.0. The molecule has 3 aliphatic rings. The standard InChI is InChI=1S/C17H21NO6S.C10H15NO2.4CH4/c1-13-3-5-15(6-4-13)25(22,23)18-14(12-24-2)11-17(7-9-19,8-10-20)16(18)21;1-13-7-8-6-10(9(12)11-8)4-2-3-5-10;;;;/h3-6,9-10,14H,7-8,11-12H2,1-2H3;2-3,8H,4-7H2,1H3,(H,11,12);4*1H4. The van der Waals surface area contributed by atoms with Crippen molar-refractivity contribution in [1.29, 1.82) is 0 Å². The van der Waals surface area contributed by atoms with Gasteiger partial charge in [0.25, 0.3) is 10.0 Å². The highest BCUT2D eigenvalue weighted by molar-refractivity contribution is 7.89. The van der Waals surface area contributed by atoms with E-state index in [4.69, 9.17) is 9.47 Å². The van der Waals surface area contributed by atoms with Gasteiger partial charge in [-0.25, -0.2) is 12.7 Å². The summed E-state index contributed by atoms with van der Waals surface area (Å²) >= 11 is 0. The van der Waals surface area contributed by atoms with Gasteiger partial charge in [0.2, 0.25) is 11.8 Å². The average Bonchev–Trinajstić information content (AvgIpc) is 3.53. The second-order valence-electron chi connectivity index (χ2n) is 10.2. The second kappa shape index (κ2) is 17.3. The molecule has 1 aromatic carbocycles. The largest absolute Gasteiger partial charge is 0.383 e. The minimum absolute atomic E-state index is 0. The van der Waals surface area contributed by atoms with Crippen molar-refractivity contribution in [3.05, 3.63) is 42.0 Å². The molecule has 1 spiro atoms. The molecule has 42 heavy (non-hydrogen) atoms. The number of sulfonamides is 1. The SMILES string of the molecule is C.C.C.C.COCC1CC(CC=O)(CC=O)C(=O)N1S(=O)(=O)c1ccc(C)cc1.COCC1CC2(CC=CC2)C(=O)N1. The Morgan fingerprint density at radius 2 is 1.43 bits per heavy atom. The first-order valence-corrected chi connectivity index (χ1v) is 14.0. The van der Waals surface area contributed by atoms with Crippen molar-refractivity contribution in [1.82, 2.24) is 9.62 Å². The van der Waals surface area contributed by atoms with E-state index in [2.05, 4.69) is 17.5 Å². The summed E-state index contributed by atoms with van der Waals surface area (Å²) in [6.07, 6.45) is 7.70. The lowest BCUT2D eigenvalue weighted by Gasteiger charge is -2.25. The first kappa shape index (κ1) is 41.2. The Balaban J connectivity index is 0. The Hall–Kier alpha value is -2.89. The number of nitrogens with one attached hydrogen (secondary N) is 1. The zero-order valence-electron chi connectivity index (χ0n) is 22.1. The number of carbonyl (C=O) groups excluding carboxylic acids is 4. The molecule has 1 aromatic rings. The van der Waals surface area contributed by atoms with E-state index in [0.29, 0.717) is 19.2 Å². The number of benzene rings is 1. The minimum atomic E-state index is -4.11. The number of aryl methyl sites for hydroxylation is 1. The van der Waals surface area contributed by atoms with Gasteiger partial charge in [-0.1, -0.05) is 59.6 Å². The summed E-state index contributed by atoms with van der Waals surface area (Å²) in [7, 11) is -1.04. The van der Waals surface area contributed by atoms with E-state index in [0.717, 1.165) is 29.1 Å². The molecule has 0 aromatic heterocycles. The number of ether oxygens (including phenoxy) is 2. The van der Waals surface area contributed by atoms with Crippen LogP contribution in [-0.2, 0) is 38.7 Å². The van der Waals surface area contributed by atoms with E-state index in [9.17, 15) is 27.6 Å². The fraction of sp³-hybridized carbons (Fsp3) is 0.613. The summed E-state index contributed by atoms with van der Waals surface area (Å²) in [4.78, 5) is 46.7. The molecule has 0 saturated carbocycles. The van der Waals surface area contributed by atoms with Crippen molar-refractivity contribution in [2.75, 3.05) is 27.4 Å². The Morgan fingerprint density at radius 3 is 1.90 bits per heavy atom. The summed E-state index contributed by atoms with van der Waals surface area (Å²) < 4.78 is 36.9. The molecule has 2 aliphatic heterocycles. The summed E-state index contributed by atoms with van der Waals surface area (Å²) in [6.45, 7) is 2.45. The monoisotopic (exact) mass is 612 g/mol. The third-order valence-electron chi connectivity index (χ3n) is 7.50. The number of amides is 2. The molecule has 11 heteroatoms. The van der Waals surface area contributed by atoms with Crippen LogP contribution in [0.4, 0.5) is 0 Å². The summed E-state index contributed by atoms with van der Waals surface area (Å²) in [5.74, 6) is -0.520. The highest BCUT2D eigenvalue weighted by Gasteiger charge is 2.55. The van der Waals surface area contributed by atoms with Crippen molar-refractivity contribution >= 4 is 34.4 Å². The molecular formula is C31H52N2O8S. The third-order valence-corrected chi connectivity index (χ3v) is 9.35. The summed E-state index contributed by atoms with van der Waals surface area (Å²) in [5, 5.41) is 2.98. The predicted octanol–water partition coefficient (Wildman–Crippen LogP) is 4.50. The van der Waals surface area contributed by atoms with Gasteiger partial charge in [-0.15, -0.1) is 0 Å². The van der Waals surface area contributed by atoms with Crippen LogP contribution in [-0.4, -0.2) is 76.6 Å². The average molecular weight is 613 g/mol. The van der Waals surface area contributed by atoms with Crippen LogP contribution in [0.15, 0.2) is 41.3 Å². The van der Waals surface area contributed by atoms with Crippen LogP contribution in [0.5, 0.6) is 0 Å². The minimum Gasteiger partial charge on any atom is -0.383 e. The van der Waals surface area contributed by atoms with Crippen LogP contribution >= 0.6 is 0 Å². The van der Waals surface area contributed by atoms with Crippen molar-refractivity contribution in [3.8, 4) is 0 Å². The summed E-state index contributed by atoms with van der Waals surface area (Å²) in [6, 6.07) is 5.61. The van der Waals surface area contributed by atoms with Gasteiger partial charge in [-0.05, 0) is 44.7 Å².